The first-order chi connectivity index (χ1) is 14.8. The molecular weight excluding hydrogens is 433 g/mol. The van der Waals surface area contributed by atoms with E-state index in [1.165, 1.54) is 42.5 Å². The first-order valence-electron chi connectivity index (χ1n) is 9.19. The summed E-state index contributed by atoms with van der Waals surface area (Å²) in [6.45, 7) is 0.124. The summed E-state index contributed by atoms with van der Waals surface area (Å²) in [6.07, 6.45) is -0.219. The van der Waals surface area contributed by atoms with Crippen LogP contribution in [0.5, 0.6) is 17.2 Å². The van der Waals surface area contributed by atoms with Gasteiger partial charge in [-0.15, -0.1) is 0 Å². The molecule has 0 fully saturated rings. The number of carbonyl (C=O) groups excluding carboxylic acids is 2. The van der Waals surface area contributed by atoms with Gasteiger partial charge in [-0.3, -0.25) is 20.4 Å². The van der Waals surface area contributed by atoms with Gasteiger partial charge in [0, 0.05) is 19.0 Å². The molecule has 0 aliphatic carbocycles. The summed E-state index contributed by atoms with van der Waals surface area (Å²) >= 11 is 0. The van der Waals surface area contributed by atoms with Gasteiger partial charge in [0.25, 0.3) is 5.91 Å². The summed E-state index contributed by atoms with van der Waals surface area (Å²) in [4.78, 5) is 23.4. The van der Waals surface area contributed by atoms with E-state index in [0.717, 1.165) is 0 Å². The van der Waals surface area contributed by atoms with Crippen LogP contribution in [0, 0.1) is 5.82 Å². The fraction of sp³-hybridized carbons (Fsp3) is 0.263. The Balaban J connectivity index is 1.38. The van der Waals surface area contributed by atoms with Gasteiger partial charge in [0.2, 0.25) is 15.9 Å². The van der Waals surface area contributed by atoms with Gasteiger partial charge >= 0.3 is 0 Å². The summed E-state index contributed by atoms with van der Waals surface area (Å²) in [5.41, 5.74) is 4.28. The number of hydrazine groups is 1. The van der Waals surface area contributed by atoms with E-state index < -0.39 is 34.3 Å². The number of amides is 2. The highest BCUT2D eigenvalue weighted by Gasteiger charge is 2.19. The first-order valence-corrected chi connectivity index (χ1v) is 10.7. The minimum absolute atomic E-state index is 0.0246. The maximum absolute atomic E-state index is 12.8. The van der Waals surface area contributed by atoms with Crippen LogP contribution in [0.1, 0.15) is 6.42 Å². The molecule has 2 aromatic rings. The van der Waals surface area contributed by atoms with E-state index in [9.17, 15) is 22.4 Å². The van der Waals surface area contributed by atoms with Crippen molar-refractivity contribution < 1.29 is 36.6 Å². The molecule has 1 aliphatic rings. The molecule has 0 atom stereocenters. The molecule has 3 rings (SSSR count). The third kappa shape index (κ3) is 6.55. The average molecular weight is 453 g/mol. The Kier molecular flexibility index (Phi) is 7.26. The molecule has 1 aliphatic heterocycles. The molecule has 2 aromatic carbocycles. The molecule has 0 saturated heterocycles. The molecule has 0 radical (unpaired) electrons. The van der Waals surface area contributed by atoms with Gasteiger partial charge in [0.05, 0.1) is 4.90 Å². The molecule has 0 spiro atoms. The van der Waals surface area contributed by atoms with Gasteiger partial charge in [-0.2, -0.15) is 0 Å². The number of sulfonamides is 1. The van der Waals surface area contributed by atoms with E-state index in [1.807, 2.05) is 0 Å². The SMILES string of the molecule is O=C(CCNS(=O)(=O)c1ccc2c(c1)OCCO2)NNC(=O)COc1ccc(F)cc1. The van der Waals surface area contributed by atoms with E-state index in [0.29, 0.717) is 24.7 Å². The number of hydrogen-bond donors (Lipinski definition) is 3. The molecule has 0 bridgehead atoms. The van der Waals surface area contributed by atoms with Crippen LogP contribution in [-0.2, 0) is 19.6 Å². The molecule has 2 amide bonds. The molecule has 12 heteroatoms. The minimum atomic E-state index is -3.86. The standard InChI is InChI=1S/C19H20FN3O7S/c20-13-1-3-14(4-2-13)30-12-19(25)23-22-18(24)7-8-21-31(26,27)15-5-6-16-17(11-15)29-10-9-28-16/h1-6,11,21H,7-10,12H2,(H,22,24)(H,23,25). The van der Waals surface area contributed by atoms with E-state index in [4.69, 9.17) is 14.2 Å². The third-order valence-electron chi connectivity index (χ3n) is 3.99. The van der Waals surface area contributed by atoms with Gasteiger partial charge in [0.1, 0.15) is 24.8 Å². The van der Waals surface area contributed by atoms with Crippen molar-refractivity contribution in [3.63, 3.8) is 0 Å². The number of nitrogens with one attached hydrogen (secondary N) is 3. The minimum Gasteiger partial charge on any atom is -0.486 e. The summed E-state index contributed by atoms with van der Waals surface area (Å²) in [5, 5.41) is 0. The Bertz CT molecular complexity index is 1040. The fourth-order valence-corrected chi connectivity index (χ4v) is 3.54. The predicted octanol–water partition coefficient (Wildman–Crippen LogP) is 0.492. The quantitative estimate of drug-likeness (QED) is 0.496. The largest absolute Gasteiger partial charge is 0.486 e. The lowest BCUT2D eigenvalue weighted by Gasteiger charge is -2.18. The Morgan fingerprint density at radius 2 is 1.65 bits per heavy atom. The molecule has 166 valence electrons. The number of hydrogen-bond acceptors (Lipinski definition) is 7. The average Bonchev–Trinajstić information content (AvgIpc) is 2.77. The second-order valence-electron chi connectivity index (χ2n) is 6.29. The molecule has 31 heavy (non-hydrogen) atoms. The van der Waals surface area contributed by atoms with Crippen molar-refractivity contribution >= 4 is 21.8 Å². The van der Waals surface area contributed by atoms with Crippen molar-refractivity contribution in [2.45, 2.75) is 11.3 Å². The third-order valence-corrected chi connectivity index (χ3v) is 5.45. The maximum atomic E-state index is 12.8. The van der Waals surface area contributed by atoms with E-state index in [1.54, 1.807) is 0 Å². The van der Waals surface area contributed by atoms with Crippen LogP contribution in [0.3, 0.4) is 0 Å². The Hall–Kier alpha value is -3.38. The van der Waals surface area contributed by atoms with Crippen molar-refractivity contribution in [1.29, 1.82) is 0 Å². The maximum Gasteiger partial charge on any atom is 0.276 e. The van der Waals surface area contributed by atoms with Crippen LogP contribution in [0.25, 0.3) is 0 Å². The van der Waals surface area contributed by atoms with Crippen molar-refractivity contribution in [3.05, 3.63) is 48.3 Å². The van der Waals surface area contributed by atoms with E-state index in [2.05, 4.69) is 15.6 Å². The zero-order valence-electron chi connectivity index (χ0n) is 16.2. The molecular formula is C19H20FN3O7S. The number of carbonyl (C=O) groups is 2. The summed E-state index contributed by atoms with van der Waals surface area (Å²) < 4.78 is 55.6. The van der Waals surface area contributed by atoms with Crippen molar-refractivity contribution in [2.75, 3.05) is 26.4 Å². The van der Waals surface area contributed by atoms with E-state index >= 15 is 0 Å². The van der Waals surface area contributed by atoms with Crippen LogP contribution < -0.4 is 29.8 Å². The predicted molar refractivity (Wildman–Crippen MR) is 105 cm³/mol. The number of benzene rings is 2. The summed E-state index contributed by atoms with van der Waals surface area (Å²) in [6, 6.07) is 9.29. The van der Waals surface area contributed by atoms with Gasteiger partial charge in [0.15, 0.2) is 18.1 Å². The van der Waals surface area contributed by atoms with Crippen molar-refractivity contribution in [1.82, 2.24) is 15.6 Å². The van der Waals surface area contributed by atoms with Crippen LogP contribution in [0.4, 0.5) is 4.39 Å². The topological polar surface area (TPSA) is 132 Å². The van der Waals surface area contributed by atoms with Crippen LogP contribution in [-0.4, -0.2) is 46.6 Å². The van der Waals surface area contributed by atoms with Gasteiger partial charge in [-0.1, -0.05) is 0 Å². The zero-order valence-corrected chi connectivity index (χ0v) is 17.0. The molecule has 1 heterocycles. The number of fused-ring (bicyclic) bond motifs is 1. The number of ether oxygens (including phenoxy) is 3. The monoisotopic (exact) mass is 453 g/mol. The Labute approximate surface area is 177 Å². The van der Waals surface area contributed by atoms with Crippen molar-refractivity contribution in [2.24, 2.45) is 0 Å². The number of halogens is 1. The van der Waals surface area contributed by atoms with Gasteiger partial charge in [-0.25, -0.2) is 17.5 Å². The molecule has 0 saturated carbocycles. The van der Waals surface area contributed by atoms with Crippen LogP contribution in [0.15, 0.2) is 47.4 Å². The highest BCUT2D eigenvalue weighted by molar-refractivity contribution is 7.89. The summed E-state index contributed by atoms with van der Waals surface area (Å²) in [5.74, 6) is -0.610. The normalized spacial score (nSPS) is 12.7. The first kappa shape index (κ1) is 22.3. The highest BCUT2D eigenvalue weighted by atomic mass is 32.2. The van der Waals surface area contributed by atoms with Crippen LogP contribution >= 0.6 is 0 Å². The second kappa shape index (κ2) is 10.1. The molecule has 10 nitrogen and oxygen atoms in total. The lowest BCUT2D eigenvalue weighted by molar-refractivity contribution is -0.129. The van der Waals surface area contributed by atoms with Crippen LogP contribution in [0.2, 0.25) is 0 Å². The fourth-order valence-electron chi connectivity index (χ4n) is 2.49. The number of rotatable bonds is 8. The Morgan fingerprint density at radius 3 is 2.39 bits per heavy atom. The lowest BCUT2D eigenvalue weighted by Crippen LogP contribution is -2.44. The van der Waals surface area contributed by atoms with Crippen molar-refractivity contribution in [3.8, 4) is 17.2 Å². The molecule has 0 aromatic heterocycles. The van der Waals surface area contributed by atoms with Gasteiger partial charge in [-0.05, 0) is 36.4 Å². The second-order valence-corrected chi connectivity index (χ2v) is 8.06. The molecule has 3 N–H and O–H groups in total. The smallest absolute Gasteiger partial charge is 0.276 e. The van der Waals surface area contributed by atoms with Gasteiger partial charge < -0.3 is 14.2 Å². The van der Waals surface area contributed by atoms with E-state index in [-0.39, 0.29) is 23.6 Å². The zero-order chi connectivity index (χ0) is 22.3. The Morgan fingerprint density at radius 1 is 0.968 bits per heavy atom. The highest BCUT2D eigenvalue weighted by Crippen LogP contribution is 2.32. The summed E-state index contributed by atoms with van der Waals surface area (Å²) in [7, 11) is -3.86. The lowest BCUT2D eigenvalue weighted by atomic mass is 10.3. The molecule has 0 unspecified atom stereocenters.